The van der Waals surface area contributed by atoms with Gasteiger partial charge in [-0.15, -0.1) is 10.2 Å². The standard InChI is InChI=1S/C22H20FN3O3/c1-14(21-25-26-22(29-21)15-9-11-17(23)12-10-15)28-20(27)8-4-5-16-13-24-19-7-3-2-6-18(16)19/h2-3,6-7,9-14,24H,4-5,8H2,1H3/t14-/m1/s1. The molecule has 0 spiro atoms. The molecule has 2 heterocycles. The Morgan fingerprint density at radius 1 is 1.17 bits per heavy atom. The lowest BCUT2D eigenvalue weighted by molar-refractivity contribution is -0.149. The molecule has 0 radical (unpaired) electrons. The van der Waals surface area contributed by atoms with Crippen LogP contribution in [0.3, 0.4) is 0 Å². The zero-order chi connectivity index (χ0) is 20.2. The van der Waals surface area contributed by atoms with Crippen molar-refractivity contribution in [2.75, 3.05) is 0 Å². The molecule has 0 unspecified atom stereocenters. The molecule has 2 aromatic carbocycles. The third kappa shape index (κ3) is 4.34. The Morgan fingerprint density at radius 2 is 1.97 bits per heavy atom. The van der Waals surface area contributed by atoms with Crippen LogP contribution in [0.2, 0.25) is 0 Å². The number of benzene rings is 2. The normalized spacial score (nSPS) is 12.2. The van der Waals surface area contributed by atoms with Crippen LogP contribution in [0.15, 0.2) is 59.1 Å². The molecule has 0 aliphatic heterocycles. The zero-order valence-corrected chi connectivity index (χ0v) is 15.9. The van der Waals surface area contributed by atoms with Crippen molar-refractivity contribution in [3.63, 3.8) is 0 Å². The zero-order valence-electron chi connectivity index (χ0n) is 15.9. The van der Waals surface area contributed by atoms with Crippen molar-refractivity contribution < 1.29 is 18.3 Å². The van der Waals surface area contributed by atoms with E-state index in [9.17, 15) is 9.18 Å². The van der Waals surface area contributed by atoms with Crippen molar-refractivity contribution in [3.05, 3.63) is 72.0 Å². The number of esters is 1. The summed E-state index contributed by atoms with van der Waals surface area (Å²) in [6, 6.07) is 13.8. The van der Waals surface area contributed by atoms with Crippen molar-refractivity contribution >= 4 is 16.9 Å². The predicted molar refractivity (Wildman–Crippen MR) is 105 cm³/mol. The number of carbonyl (C=O) groups is 1. The van der Waals surface area contributed by atoms with Gasteiger partial charge < -0.3 is 14.1 Å². The summed E-state index contributed by atoms with van der Waals surface area (Å²) in [5.41, 5.74) is 2.87. The third-order valence-corrected chi connectivity index (χ3v) is 4.69. The molecular weight excluding hydrogens is 373 g/mol. The molecule has 1 atom stereocenters. The van der Waals surface area contributed by atoms with E-state index < -0.39 is 6.10 Å². The maximum Gasteiger partial charge on any atom is 0.306 e. The van der Waals surface area contributed by atoms with E-state index >= 15 is 0 Å². The molecule has 0 fully saturated rings. The average Bonchev–Trinajstić information content (AvgIpc) is 3.36. The number of hydrogen-bond donors (Lipinski definition) is 1. The predicted octanol–water partition coefficient (Wildman–Crippen LogP) is 4.98. The summed E-state index contributed by atoms with van der Waals surface area (Å²) in [6.45, 7) is 1.68. The van der Waals surface area contributed by atoms with E-state index in [2.05, 4.69) is 21.2 Å². The lowest BCUT2D eigenvalue weighted by Gasteiger charge is -2.09. The quantitative estimate of drug-likeness (QED) is 0.448. The Balaban J connectivity index is 1.30. The first-order chi connectivity index (χ1) is 14.1. The van der Waals surface area contributed by atoms with Crippen LogP contribution in [-0.4, -0.2) is 21.2 Å². The fraction of sp³-hybridized carbons (Fsp3) is 0.227. The molecule has 29 heavy (non-hydrogen) atoms. The summed E-state index contributed by atoms with van der Waals surface area (Å²) >= 11 is 0. The monoisotopic (exact) mass is 393 g/mol. The van der Waals surface area contributed by atoms with Gasteiger partial charge in [0.1, 0.15) is 5.82 Å². The first kappa shape index (κ1) is 18.9. The summed E-state index contributed by atoms with van der Waals surface area (Å²) in [6.07, 6.45) is 3.08. The summed E-state index contributed by atoms with van der Waals surface area (Å²) < 4.78 is 24.0. The van der Waals surface area contributed by atoms with E-state index in [1.165, 1.54) is 23.1 Å². The summed E-state index contributed by atoms with van der Waals surface area (Å²) in [7, 11) is 0. The van der Waals surface area contributed by atoms with Gasteiger partial charge >= 0.3 is 5.97 Å². The number of para-hydroxylation sites is 1. The highest BCUT2D eigenvalue weighted by Crippen LogP contribution is 2.23. The highest BCUT2D eigenvalue weighted by atomic mass is 19.1. The second-order valence-corrected chi connectivity index (χ2v) is 6.80. The van der Waals surface area contributed by atoms with E-state index in [4.69, 9.17) is 9.15 Å². The van der Waals surface area contributed by atoms with Gasteiger partial charge in [-0.3, -0.25) is 4.79 Å². The van der Waals surface area contributed by atoms with Gasteiger partial charge in [-0.05, 0) is 55.7 Å². The summed E-state index contributed by atoms with van der Waals surface area (Å²) in [5.74, 6) is -0.209. The maximum absolute atomic E-state index is 13.0. The number of carbonyl (C=O) groups excluding carboxylic acids is 1. The highest BCUT2D eigenvalue weighted by Gasteiger charge is 2.19. The summed E-state index contributed by atoms with van der Waals surface area (Å²) in [4.78, 5) is 15.4. The van der Waals surface area contributed by atoms with Crippen molar-refractivity contribution in [1.29, 1.82) is 0 Å². The first-order valence-corrected chi connectivity index (χ1v) is 9.44. The minimum absolute atomic E-state index is 0.203. The fourth-order valence-electron chi connectivity index (χ4n) is 3.18. The molecule has 0 aliphatic carbocycles. The number of H-pyrrole nitrogens is 1. The van der Waals surface area contributed by atoms with E-state index in [1.54, 1.807) is 19.1 Å². The molecule has 4 rings (SSSR count). The number of hydrogen-bond acceptors (Lipinski definition) is 5. The Labute approximate surface area is 166 Å². The number of rotatable bonds is 7. The first-order valence-electron chi connectivity index (χ1n) is 9.44. The SMILES string of the molecule is C[C@@H](OC(=O)CCCc1c[nH]c2ccccc12)c1nnc(-c2ccc(F)cc2)o1. The van der Waals surface area contributed by atoms with E-state index in [-0.39, 0.29) is 23.6 Å². The van der Waals surface area contributed by atoms with Gasteiger partial charge in [0.05, 0.1) is 0 Å². The lowest BCUT2D eigenvalue weighted by atomic mass is 10.1. The summed E-state index contributed by atoms with van der Waals surface area (Å²) in [5, 5.41) is 9.04. The van der Waals surface area contributed by atoms with Crippen LogP contribution in [0.4, 0.5) is 4.39 Å². The molecule has 2 aromatic heterocycles. The Bertz CT molecular complexity index is 1120. The molecule has 7 heteroatoms. The van der Waals surface area contributed by atoms with Crippen molar-refractivity contribution in [2.24, 2.45) is 0 Å². The number of ether oxygens (including phenoxy) is 1. The molecule has 1 N–H and O–H groups in total. The van der Waals surface area contributed by atoms with Gasteiger partial charge in [0.2, 0.25) is 5.89 Å². The number of aryl methyl sites for hydroxylation is 1. The van der Waals surface area contributed by atoms with Crippen LogP contribution in [0, 0.1) is 5.82 Å². The van der Waals surface area contributed by atoms with Crippen molar-refractivity contribution in [1.82, 2.24) is 15.2 Å². The van der Waals surface area contributed by atoms with E-state index in [1.807, 2.05) is 24.4 Å². The van der Waals surface area contributed by atoms with E-state index in [0.717, 1.165) is 11.9 Å². The Hall–Kier alpha value is -3.48. The smallest absolute Gasteiger partial charge is 0.306 e. The van der Waals surface area contributed by atoms with Crippen LogP contribution in [-0.2, 0) is 16.0 Å². The van der Waals surface area contributed by atoms with Gasteiger partial charge in [0, 0.05) is 29.1 Å². The molecule has 148 valence electrons. The van der Waals surface area contributed by atoms with Crippen LogP contribution in [0.25, 0.3) is 22.4 Å². The molecule has 0 amide bonds. The highest BCUT2D eigenvalue weighted by molar-refractivity contribution is 5.83. The van der Waals surface area contributed by atoms with Crippen molar-refractivity contribution in [2.45, 2.75) is 32.3 Å². The molecule has 0 saturated carbocycles. The molecule has 0 bridgehead atoms. The van der Waals surface area contributed by atoms with Crippen LogP contribution in [0.5, 0.6) is 0 Å². The van der Waals surface area contributed by atoms with Crippen molar-refractivity contribution in [3.8, 4) is 11.5 Å². The van der Waals surface area contributed by atoms with Crippen LogP contribution in [0.1, 0.15) is 37.3 Å². The van der Waals surface area contributed by atoms with Gasteiger partial charge in [0.15, 0.2) is 6.10 Å². The number of halogens is 1. The molecule has 0 aliphatic rings. The largest absolute Gasteiger partial charge is 0.453 e. The fourth-order valence-corrected chi connectivity index (χ4v) is 3.18. The molecule has 4 aromatic rings. The van der Waals surface area contributed by atoms with E-state index in [0.29, 0.717) is 18.4 Å². The molecular formula is C22H20FN3O3. The maximum atomic E-state index is 13.0. The topological polar surface area (TPSA) is 81.0 Å². The number of aromatic nitrogens is 3. The second-order valence-electron chi connectivity index (χ2n) is 6.80. The number of nitrogens with zero attached hydrogens (tertiary/aromatic N) is 2. The average molecular weight is 393 g/mol. The lowest BCUT2D eigenvalue weighted by Crippen LogP contribution is -2.09. The third-order valence-electron chi connectivity index (χ3n) is 4.69. The van der Waals surface area contributed by atoms with Gasteiger partial charge in [-0.1, -0.05) is 18.2 Å². The Kier molecular flexibility index (Phi) is 5.37. The van der Waals surface area contributed by atoms with Gasteiger partial charge in [-0.2, -0.15) is 0 Å². The van der Waals surface area contributed by atoms with Crippen LogP contribution < -0.4 is 0 Å². The number of aromatic amines is 1. The minimum Gasteiger partial charge on any atom is -0.453 e. The number of fused-ring (bicyclic) bond motifs is 1. The van der Waals surface area contributed by atoms with Crippen LogP contribution >= 0.6 is 0 Å². The molecule has 0 saturated heterocycles. The van der Waals surface area contributed by atoms with Gasteiger partial charge in [-0.25, -0.2) is 4.39 Å². The Morgan fingerprint density at radius 3 is 2.79 bits per heavy atom. The molecule has 6 nitrogen and oxygen atoms in total. The second kappa shape index (κ2) is 8.26. The minimum atomic E-state index is -0.655. The van der Waals surface area contributed by atoms with Gasteiger partial charge in [0.25, 0.3) is 5.89 Å². The number of nitrogens with one attached hydrogen (secondary N) is 1.